The maximum Gasteiger partial charge on any atom is 0.160 e. The van der Waals surface area contributed by atoms with Gasteiger partial charge in [0.1, 0.15) is 0 Å². The monoisotopic (exact) mass is 170 g/mol. The van der Waals surface area contributed by atoms with Crippen LogP contribution >= 0.6 is 0 Å². The number of ether oxygens (including phenoxy) is 2. The van der Waals surface area contributed by atoms with E-state index in [2.05, 4.69) is 13.8 Å². The lowest BCUT2D eigenvalue weighted by molar-refractivity contribution is -0.110. The molecule has 3 aliphatic rings. The SMILES string of the molecule is CC1C2OC(O)C3C2OC1[C@H]3C. The molecule has 0 aromatic carbocycles. The largest absolute Gasteiger partial charge is 0.371 e. The van der Waals surface area contributed by atoms with Crippen molar-refractivity contribution in [1.82, 2.24) is 0 Å². The molecule has 0 saturated carbocycles. The Hall–Kier alpha value is -0.120. The summed E-state index contributed by atoms with van der Waals surface area (Å²) in [5, 5.41) is 9.58. The van der Waals surface area contributed by atoms with E-state index < -0.39 is 6.29 Å². The van der Waals surface area contributed by atoms with Crippen LogP contribution in [-0.2, 0) is 9.47 Å². The third kappa shape index (κ3) is 0.605. The molecule has 3 rings (SSSR count). The molecule has 7 atom stereocenters. The van der Waals surface area contributed by atoms with Gasteiger partial charge in [0.15, 0.2) is 6.29 Å². The van der Waals surface area contributed by atoms with Crippen molar-refractivity contribution in [3.8, 4) is 0 Å². The van der Waals surface area contributed by atoms with Crippen LogP contribution in [0.25, 0.3) is 0 Å². The molecule has 3 fully saturated rings. The Balaban J connectivity index is 2.01. The van der Waals surface area contributed by atoms with E-state index in [0.717, 1.165) is 0 Å². The van der Waals surface area contributed by atoms with Crippen LogP contribution in [0.5, 0.6) is 0 Å². The minimum absolute atomic E-state index is 0.159. The first-order chi connectivity index (χ1) is 5.70. The number of fused-ring (bicyclic) bond motifs is 1. The van der Waals surface area contributed by atoms with Crippen LogP contribution in [0.2, 0.25) is 0 Å². The quantitative estimate of drug-likeness (QED) is 0.571. The first kappa shape index (κ1) is 7.30. The lowest BCUT2D eigenvalue weighted by Gasteiger charge is -2.24. The molecule has 3 saturated heterocycles. The molecule has 0 radical (unpaired) electrons. The zero-order valence-electron chi connectivity index (χ0n) is 7.31. The van der Waals surface area contributed by atoms with Gasteiger partial charge in [0.25, 0.3) is 0 Å². The maximum atomic E-state index is 9.58. The van der Waals surface area contributed by atoms with Gasteiger partial charge in [0, 0.05) is 11.8 Å². The predicted octanol–water partition coefficient (Wildman–Crippen LogP) is 0.373. The van der Waals surface area contributed by atoms with Gasteiger partial charge < -0.3 is 14.6 Å². The van der Waals surface area contributed by atoms with Gasteiger partial charge in [-0.05, 0) is 5.92 Å². The molecule has 1 N–H and O–H groups in total. The molecule has 2 bridgehead atoms. The summed E-state index contributed by atoms with van der Waals surface area (Å²) in [6, 6.07) is 0. The third-order valence-corrected chi connectivity index (χ3v) is 3.81. The highest BCUT2D eigenvalue weighted by atomic mass is 16.7. The molecule has 0 amide bonds. The van der Waals surface area contributed by atoms with Gasteiger partial charge in [-0.15, -0.1) is 0 Å². The molecule has 6 unspecified atom stereocenters. The van der Waals surface area contributed by atoms with Crippen LogP contribution in [0.3, 0.4) is 0 Å². The number of hydrogen-bond acceptors (Lipinski definition) is 3. The van der Waals surface area contributed by atoms with E-state index in [4.69, 9.17) is 9.47 Å². The predicted molar refractivity (Wildman–Crippen MR) is 41.4 cm³/mol. The second-order valence-electron chi connectivity index (χ2n) is 4.35. The fraction of sp³-hybridized carbons (Fsp3) is 1.00. The summed E-state index contributed by atoms with van der Waals surface area (Å²) in [6.45, 7) is 4.31. The van der Waals surface area contributed by atoms with Crippen molar-refractivity contribution in [2.45, 2.75) is 38.4 Å². The molecule has 12 heavy (non-hydrogen) atoms. The van der Waals surface area contributed by atoms with Gasteiger partial charge in [0.05, 0.1) is 18.3 Å². The number of aliphatic hydroxyl groups excluding tert-OH is 1. The summed E-state index contributed by atoms with van der Waals surface area (Å²) in [7, 11) is 0. The van der Waals surface area contributed by atoms with Gasteiger partial charge in [-0.25, -0.2) is 0 Å². The van der Waals surface area contributed by atoms with Gasteiger partial charge >= 0.3 is 0 Å². The van der Waals surface area contributed by atoms with Crippen molar-refractivity contribution in [2.24, 2.45) is 17.8 Å². The molecule has 3 heteroatoms. The zero-order valence-corrected chi connectivity index (χ0v) is 7.31. The lowest BCUT2D eigenvalue weighted by Crippen LogP contribution is -2.35. The molecule has 0 aliphatic carbocycles. The van der Waals surface area contributed by atoms with E-state index in [0.29, 0.717) is 17.9 Å². The van der Waals surface area contributed by atoms with Crippen molar-refractivity contribution in [2.75, 3.05) is 0 Å². The molecule has 3 heterocycles. The van der Waals surface area contributed by atoms with Crippen molar-refractivity contribution in [3.05, 3.63) is 0 Å². The van der Waals surface area contributed by atoms with E-state index in [9.17, 15) is 5.11 Å². The normalized spacial score (nSPS) is 67.8. The van der Waals surface area contributed by atoms with Crippen molar-refractivity contribution in [3.63, 3.8) is 0 Å². The smallest absolute Gasteiger partial charge is 0.160 e. The minimum Gasteiger partial charge on any atom is -0.371 e. The molecular weight excluding hydrogens is 156 g/mol. The molecule has 0 aromatic rings. The van der Waals surface area contributed by atoms with Crippen LogP contribution in [0.4, 0.5) is 0 Å². The van der Waals surface area contributed by atoms with E-state index in [1.165, 1.54) is 0 Å². The van der Waals surface area contributed by atoms with E-state index in [1.54, 1.807) is 0 Å². The summed E-state index contributed by atoms with van der Waals surface area (Å²) in [4.78, 5) is 0. The van der Waals surface area contributed by atoms with E-state index in [-0.39, 0.29) is 18.1 Å². The van der Waals surface area contributed by atoms with Crippen LogP contribution in [-0.4, -0.2) is 29.7 Å². The Morgan fingerprint density at radius 2 is 1.67 bits per heavy atom. The van der Waals surface area contributed by atoms with Gasteiger partial charge in [0.2, 0.25) is 0 Å². The molecule has 68 valence electrons. The number of rotatable bonds is 0. The molecule has 0 aromatic heterocycles. The van der Waals surface area contributed by atoms with Crippen LogP contribution in [0.15, 0.2) is 0 Å². The Bertz CT molecular complexity index is 214. The van der Waals surface area contributed by atoms with E-state index in [1.807, 2.05) is 0 Å². The fourth-order valence-electron chi connectivity index (χ4n) is 3.17. The summed E-state index contributed by atoms with van der Waals surface area (Å²) in [5.41, 5.74) is 0. The summed E-state index contributed by atoms with van der Waals surface area (Å²) in [6.07, 6.45) is 0.0771. The summed E-state index contributed by atoms with van der Waals surface area (Å²) >= 11 is 0. The molecule has 0 spiro atoms. The highest BCUT2D eigenvalue weighted by Crippen LogP contribution is 2.53. The van der Waals surface area contributed by atoms with Crippen molar-refractivity contribution < 1.29 is 14.6 Å². The average molecular weight is 170 g/mol. The fourth-order valence-corrected chi connectivity index (χ4v) is 3.17. The highest BCUT2D eigenvalue weighted by molar-refractivity contribution is 5.08. The third-order valence-electron chi connectivity index (χ3n) is 3.81. The Morgan fingerprint density at radius 1 is 0.917 bits per heavy atom. The van der Waals surface area contributed by atoms with Crippen LogP contribution in [0, 0.1) is 17.8 Å². The second kappa shape index (κ2) is 2.03. The molecular formula is C9H14O3. The first-order valence-corrected chi connectivity index (χ1v) is 4.69. The second-order valence-corrected chi connectivity index (χ2v) is 4.35. The summed E-state index contributed by atoms with van der Waals surface area (Å²) < 4.78 is 11.2. The Labute approximate surface area is 71.7 Å². The number of aliphatic hydroxyl groups is 1. The van der Waals surface area contributed by atoms with Gasteiger partial charge in [-0.3, -0.25) is 0 Å². The topological polar surface area (TPSA) is 38.7 Å². The zero-order chi connectivity index (χ0) is 8.46. The highest BCUT2D eigenvalue weighted by Gasteiger charge is 2.64. The van der Waals surface area contributed by atoms with E-state index >= 15 is 0 Å². The van der Waals surface area contributed by atoms with Crippen molar-refractivity contribution in [1.29, 1.82) is 0 Å². The average Bonchev–Trinajstić information content (AvgIpc) is 2.56. The number of hydrogen-bond donors (Lipinski definition) is 1. The first-order valence-electron chi connectivity index (χ1n) is 4.69. The van der Waals surface area contributed by atoms with Gasteiger partial charge in [-0.1, -0.05) is 13.8 Å². The standard InChI is InChI=1S/C9H14O3/c1-3-5-8-7(12-9(5)10)4(2)6(3)11-8/h3-10H,1-2H3/t3-,4?,5?,6?,7?,8?,9?/m0/s1. The van der Waals surface area contributed by atoms with Crippen LogP contribution < -0.4 is 0 Å². The lowest BCUT2D eigenvalue weighted by atomic mass is 9.76. The molecule has 3 aliphatic heterocycles. The maximum absolute atomic E-state index is 9.58. The summed E-state index contributed by atoms with van der Waals surface area (Å²) in [5.74, 6) is 1.15. The van der Waals surface area contributed by atoms with Gasteiger partial charge in [-0.2, -0.15) is 0 Å². The van der Waals surface area contributed by atoms with Crippen LogP contribution in [0.1, 0.15) is 13.8 Å². The Kier molecular flexibility index (Phi) is 1.23. The minimum atomic E-state index is -0.579. The van der Waals surface area contributed by atoms with Crippen molar-refractivity contribution >= 4 is 0 Å². The Morgan fingerprint density at radius 3 is 2.33 bits per heavy atom. The molecule has 3 nitrogen and oxygen atoms in total.